The minimum Gasteiger partial charge on any atom is -0.466 e. The van der Waals surface area contributed by atoms with Crippen molar-refractivity contribution < 1.29 is 19.1 Å². The molecule has 3 rings (SSSR count). The lowest BCUT2D eigenvalue weighted by Crippen LogP contribution is -2.44. The zero-order valence-electron chi connectivity index (χ0n) is 17.0. The van der Waals surface area contributed by atoms with Gasteiger partial charge in [-0.05, 0) is 31.9 Å². The van der Waals surface area contributed by atoms with Gasteiger partial charge in [0.05, 0.1) is 29.8 Å². The molecule has 0 saturated carbocycles. The first kappa shape index (κ1) is 21.5. The Morgan fingerprint density at radius 3 is 2.87 bits per heavy atom. The van der Waals surface area contributed by atoms with Crippen LogP contribution in [0, 0.1) is 5.92 Å². The molecule has 0 spiro atoms. The highest BCUT2D eigenvalue weighted by Gasteiger charge is 2.29. The van der Waals surface area contributed by atoms with Gasteiger partial charge >= 0.3 is 5.97 Å². The zero-order valence-corrected chi connectivity index (χ0v) is 17.0. The molecule has 30 heavy (non-hydrogen) atoms. The lowest BCUT2D eigenvalue weighted by molar-refractivity contribution is -0.151. The highest BCUT2D eigenvalue weighted by Crippen LogP contribution is 2.18. The highest BCUT2D eigenvalue weighted by atomic mass is 16.5. The van der Waals surface area contributed by atoms with E-state index in [1.165, 1.54) is 10.9 Å². The summed E-state index contributed by atoms with van der Waals surface area (Å²) < 4.78 is 6.29. The van der Waals surface area contributed by atoms with Gasteiger partial charge in [-0.1, -0.05) is 12.1 Å². The van der Waals surface area contributed by atoms with Gasteiger partial charge in [0, 0.05) is 26.1 Å². The standard InChI is InChI=1S/C21H26N4O5/c1-2-30-21(29)15-6-5-11-24(12-15)19(27)9-10-22-18(26)13-25-14-23-17-8-4-3-7-16(17)20(25)28/h3-4,7-8,14-15H,2,5-6,9-13H2,1H3,(H,22,26)/t15-/m1/s1. The Labute approximate surface area is 174 Å². The number of amides is 2. The second kappa shape index (κ2) is 10.00. The van der Waals surface area contributed by atoms with Crippen molar-refractivity contribution >= 4 is 28.7 Å². The summed E-state index contributed by atoms with van der Waals surface area (Å²) in [6.07, 6.45) is 2.94. The number of hydrogen-bond donors (Lipinski definition) is 1. The number of rotatable bonds is 7. The van der Waals surface area contributed by atoms with Crippen molar-refractivity contribution in [3.63, 3.8) is 0 Å². The summed E-state index contributed by atoms with van der Waals surface area (Å²) in [5, 5.41) is 3.11. The predicted octanol–water partition coefficient (Wildman–Crippen LogP) is 0.705. The highest BCUT2D eigenvalue weighted by molar-refractivity contribution is 5.81. The van der Waals surface area contributed by atoms with Gasteiger partial charge in [-0.15, -0.1) is 0 Å². The molecule has 0 aliphatic carbocycles. The molecular formula is C21H26N4O5. The number of ether oxygens (including phenoxy) is 1. The number of nitrogens with one attached hydrogen (secondary N) is 1. The molecule has 0 bridgehead atoms. The van der Waals surface area contributed by atoms with Crippen LogP contribution in [0.4, 0.5) is 0 Å². The molecule has 0 radical (unpaired) electrons. The summed E-state index contributed by atoms with van der Waals surface area (Å²) in [5.41, 5.74) is 0.289. The summed E-state index contributed by atoms with van der Waals surface area (Å²) in [5.74, 6) is -1.04. The van der Waals surface area contributed by atoms with E-state index in [9.17, 15) is 19.2 Å². The number of carbonyl (C=O) groups is 3. The first-order valence-corrected chi connectivity index (χ1v) is 10.1. The molecule has 2 heterocycles. The maximum atomic E-state index is 12.4. The number of likely N-dealkylation sites (tertiary alicyclic amines) is 1. The van der Waals surface area contributed by atoms with Crippen LogP contribution >= 0.6 is 0 Å². The maximum Gasteiger partial charge on any atom is 0.310 e. The van der Waals surface area contributed by atoms with Gasteiger partial charge in [0.25, 0.3) is 5.56 Å². The Morgan fingerprint density at radius 2 is 2.07 bits per heavy atom. The van der Waals surface area contributed by atoms with Crippen LogP contribution in [0.3, 0.4) is 0 Å². The van der Waals surface area contributed by atoms with Crippen LogP contribution in [0.2, 0.25) is 0 Å². The molecule has 1 N–H and O–H groups in total. The van der Waals surface area contributed by atoms with Crippen molar-refractivity contribution in [2.75, 3.05) is 26.2 Å². The summed E-state index contributed by atoms with van der Waals surface area (Å²) in [6.45, 7) is 3.03. The topological polar surface area (TPSA) is 111 Å². The monoisotopic (exact) mass is 414 g/mol. The maximum absolute atomic E-state index is 12.4. The van der Waals surface area contributed by atoms with Crippen molar-refractivity contribution in [1.82, 2.24) is 19.8 Å². The normalized spacial score (nSPS) is 16.3. The number of nitrogens with zero attached hydrogens (tertiary/aromatic N) is 3. The number of esters is 1. The average molecular weight is 414 g/mol. The Morgan fingerprint density at radius 1 is 1.27 bits per heavy atom. The molecule has 1 aromatic carbocycles. The van der Waals surface area contributed by atoms with Gasteiger partial charge in [-0.2, -0.15) is 0 Å². The SMILES string of the molecule is CCOC(=O)[C@@H]1CCCN(C(=O)CCNC(=O)Cn2cnc3ccccc3c2=O)C1. The first-order valence-electron chi connectivity index (χ1n) is 10.1. The molecule has 2 amide bonds. The zero-order chi connectivity index (χ0) is 21.5. The van der Waals surface area contributed by atoms with Crippen molar-refractivity contribution in [3.8, 4) is 0 Å². The van der Waals surface area contributed by atoms with E-state index < -0.39 is 0 Å². The fourth-order valence-corrected chi connectivity index (χ4v) is 3.55. The Hall–Kier alpha value is -3.23. The predicted molar refractivity (Wildman–Crippen MR) is 110 cm³/mol. The van der Waals surface area contributed by atoms with Gasteiger partial charge in [0.15, 0.2) is 0 Å². The summed E-state index contributed by atoms with van der Waals surface area (Å²) >= 11 is 0. The minimum absolute atomic E-state index is 0.117. The summed E-state index contributed by atoms with van der Waals surface area (Å²) in [4.78, 5) is 54.8. The third kappa shape index (κ3) is 5.22. The van der Waals surface area contributed by atoms with Crippen molar-refractivity contribution in [1.29, 1.82) is 0 Å². The Bertz CT molecular complexity index is 987. The molecule has 1 saturated heterocycles. The number of para-hydroxylation sites is 1. The molecule has 1 aliphatic rings. The van der Waals surface area contributed by atoms with Gasteiger partial charge < -0.3 is 15.0 Å². The van der Waals surface area contributed by atoms with Crippen LogP contribution in [0.15, 0.2) is 35.4 Å². The van der Waals surface area contributed by atoms with E-state index in [-0.39, 0.29) is 48.8 Å². The second-order valence-corrected chi connectivity index (χ2v) is 7.23. The quantitative estimate of drug-likeness (QED) is 0.668. The molecule has 9 nitrogen and oxygen atoms in total. The minimum atomic E-state index is -0.370. The second-order valence-electron chi connectivity index (χ2n) is 7.23. The third-order valence-corrected chi connectivity index (χ3v) is 5.10. The fraction of sp³-hybridized carbons (Fsp3) is 0.476. The molecule has 2 aromatic rings. The van der Waals surface area contributed by atoms with Crippen LogP contribution in [-0.4, -0.2) is 58.5 Å². The number of carbonyl (C=O) groups excluding carboxylic acids is 3. The molecule has 1 aliphatic heterocycles. The molecule has 1 aromatic heterocycles. The van der Waals surface area contributed by atoms with E-state index >= 15 is 0 Å². The molecule has 1 fully saturated rings. The molecular weight excluding hydrogens is 388 g/mol. The lowest BCUT2D eigenvalue weighted by atomic mass is 9.98. The summed E-state index contributed by atoms with van der Waals surface area (Å²) in [6, 6.07) is 6.94. The van der Waals surface area contributed by atoms with Crippen molar-refractivity contribution in [2.45, 2.75) is 32.7 Å². The van der Waals surface area contributed by atoms with Crippen LogP contribution in [-0.2, 0) is 25.7 Å². The molecule has 160 valence electrons. The Balaban J connectivity index is 1.47. The number of piperidine rings is 1. The van der Waals surface area contributed by atoms with Crippen LogP contribution in [0.1, 0.15) is 26.2 Å². The van der Waals surface area contributed by atoms with Gasteiger partial charge in [0.2, 0.25) is 11.8 Å². The third-order valence-electron chi connectivity index (χ3n) is 5.10. The number of aromatic nitrogens is 2. The molecule has 9 heteroatoms. The van der Waals surface area contributed by atoms with Gasteiger partial charge in [0.1, 0.15) is 6.54 Å². The van der Waals surface area contributed by atoms with Crippen LogP contribution in [0.5, 0.6) is 0 Å². The van der Waals surface area contributed by atoms with E-state index in [1.54, 1.807) is 36.1 Å². The first-order chi connectivity index (χ1) is 14.5. The van der Waals surface area contributed by atoms with E-state index in [1.807, 2.05) is 0 Å². The Kier molecular flexibility index (Phi) is 7.16. The van der Waals surface area contributed by atoms with Gasteiger partial charge in [-0.25, -0.2) is 4.98 Å². The van der Waals surface area contributed by atoms with Crippen LogP contribution < -0.4 is 10.9 Å². The van der Waals surface area contributed by atoms with Crippen molar-refractivity contribution in [2.24, 2.45) is 5.92 Å². The molecule has 1 atom stereocenters. The van der Waals surface area contributed by atoms with E-state index in [2.05, 4.69) is 10.3 Å². The smallest absolute Gasteiger partial charge is 0.310 e. The van der Waals surface area contributed by atoms with Crippen molar-refractivity contribution in [3.05, 3.63) is 40.9 Å². The lowest BCUT2D eigenvalue weighted by Gasteiger charge is -2.31. The number of hydrogen-bond acceptors (Lipinski definition) is 6. The van der Waals surface area contributed by atoms with E-state index in [4.69, 9.17) is 4.74 Å². The average Bonchev–Trinajstić information content (AvgIpc) is 2.76. The van der Waals surface area contributed by atoms with E-state index in [0.717, 1.165) is 6.42 Å². The summed E-state index contributed by atoms with van der Waals surface area (Å²) in [7, 11) is 0. The fourth-order valence-electron chi connectivity index (χ4n) is 3.55. The number of fused-ring (bicyclic) bond motifs is 1. The molecule has 0 unspecified atom stereocenters. The largest absolute Gasteiger partial charge is 0.466 e. The van der Waals surface area contributed by atoms with E-state index in [0.29, 0.717) is 37.0 Å². The van der Waals surface area contributed by atoms with Gasteiger partial charge in [-0.3, -0.25) is 23.7 Å². The van der Waals surface area contributed by atoms with Crippen LogP contribution in [0.25, 0.3) is 10.9 Å². The number of benzene rings is 1.